The van der Waals surface area contributed by atoms with Crippen molar-refractivity contribution in [2.24, 2.45) is 0 Å². The lowest BCUT2D eigenvalue weighted by molar-refractivity contribution is 0.0633. The maximum absolute atomic E-state index is 12.7. The Balaban J connectivity index is 1.85. The topological polar surface area (TPSA) is 27.1 Å². The lowest BCUT2D eigenvalue weighted by Gasteiger charge is -2.10. The minimum atomic E-state index is -2.61. The number of fused-ring (bicyclic) bond motifs is 1. The molecule has 0 N–H and O–H groups in total. The Morgan fingerprint density at radius 2 is 1.90 bits per heavy atom. The second-order valence-electron chi connectivity index (χ2n) is 4.29. The Labute approximate surface area is 114 Å². The molecule has 2 aromatic carbocycles. The van der Waals surface area contributed by atoms with Crippen LogP contribution in [0.2, 0.25) is 0 Å². The summed E-state index contributed by atoms with van der Waals surface area (Å²) in [7, 11) is 0. The van der Waals surface area contributed by atoms with Gasteiger partial charge < -0.3 is 4.74 Å². The van der Waals surface area contributed by atoms with Gasteiger partial charge in [-0.25, -0.2) is 4.98 Å². The van der Waals surface area contributed by atoms with Gasteiger partial charge in [-0.3, -0.25) is 4.57 Å². The summed E-state index contributed by atoms with van der Waals surface area (Å²) in [6, 6.07) is 13.4. The van der Waals surface area contributed by atoms with Crippen molar-refractivity contribution in [3.63, 3.8) is 0 Å². The van der Waals surface area contributed by atoms with Crippen LogP contribution in [0.1, 0.15) is 12.4 Å². The predicted octanol–water partition coefficient (Wildman–Crippen LogP) is 4.01. The second-order valence-corrected chi connectivity index (χ2v) is 4.29. The molecule has 0 spiro atoms. The Morgan fingerprint density at radius 1 is 1.10 bits per heavy atom. The number of halogens is 2. The lowest BCUT2D eigenvalue weighted by Crippen LogP contribution is -2.07. The van der Waals surface area contributed by atoms with Crippen molar-refractivity contribution in [2.75, 3.05) is 0 Å². The van der Waals surface area contributed by atoms with Gasteiger partial charge >= 0.3 is 6.55 Å². The van der Waals surface area contributed by atoms with Gasteiger partial charge in [0.05, 0.1) is 0 Å². The van der Waals surface area contributed by atoms with Gasteiger partial charge in [0, 0.05) is 17.8 Å². The van der Waals surface area contributed by atoms with E-state index in [4.69, 9.17) is 4.74 Å². The van der Waals surface area contributed by atoms with Gasteiger partial charge in [0.25, 0.3) is 0 Å². The molecule has 0 saturated heterocycles. The normalized spacial score (nSPS) is 11.2. The molecule has 102 valence electrons. The SMILES string of the molecule is FC(F)n1ccnc1COc1cccc2ccccc12. The Kier molecular flexibility index (Phi) is 3.33. The van der Waals surface area contributed by atoms with Crippen LogP contribution in [0.4, 0.5) is 8.78 Å². The molecular formula is C15H12F2N2O. The smallest absolute Gasteiger partial charge is 0.320 e. The maximum atomic E-state index is 12.7. The number of alkyl halides is 2. The van der Waals surface area contributed by atoms with E-state index in [2.05, 4.69) is 4.98 Å². The van der Waals surface area contributed by atoms with Crippen LogP contribution in [0.5, 0.6) is 5.75 Å². The van der Waals surface area contributed by atoms with Crippen LogP contribution in [-0.2, 0) is 6.61 Å². The third-order valence-corrected chi connectivity index (χ3v) is 3.07. The quantitative estimate of drug-likeness (QED) is 0.718. The number of hydrogen-bond donors (Lipinski definition) is 0. The fourth-order valence-electron chi connectivity index (χ4n) is 2.10. The van der Waals surface area contributed by atoms with Crippen molar-refractivity contribution in [3.8, 4) is 5.75 Å². The van der Waals surface area contributed by atoms with Gasteiger partial charge in [0.15, 0.2) is 5.82 Å². The largest absolute Gasteiger partial charge is 0.485 e. The fourth-order valence-corrected chi connectivity index (χ4v) is 2.10. The zero-order chi connectivity index (χ0) is 13.9. The molecule has 0 amide bonds. The molecule has 0 unspecified atom stereocenters. The molecule has 0 bridgehead atoms. The van der Waals surface area contributed by atoms with Gasteiger partial charge in [0.1, 0.15) is 12.4 Å². The summed E-state index contributed by atoms with van der Waals surface area (Å²) in [5.74, 6) is 0.861. The molecule has 0 fully saturated rings. The van der Waals surface area contributed by atoms with Gasteiger partial charge in [-0.05, 0) is 11.5 Å². The number of hydrogen-bond acceptors (Lipinski definition) is 2. The second kappa shape index (κ2) is 5.28. The Hall–Kier alpha value is -2.43. The van der Waals surface area contributed by atoms with E-state index in [1.807, 2.05) is 42.5 Å². The highest BCUT2D eigenvalue weighted by Gasteiger charge is 2.12. The van der Waals surface area contributed by atoms with Crippen LogP contribution in [0, 0.1) is 0 Å². The third kappa shape index (κ3) is 2.34. The summed E-state index contributed by atoms with van der Waals surface area (Å²) < 4.78 is 31.8. The number of benzene rings is 2. The average Bonchev–Trinajstić information content (AvgIpc) is 2.93. The highest BCUT2D eigenvalue weighted by molar-refractivity contribution is 5.88. The fraction of sp³-hybridized carbons (Fsp3) is 0.133. The van der Waals surface area contributed by atoms with Crippen molar-refractivity contribution in [3.05, 3.63) is 60.7 Å². The molecule has 3 rings (SSSR count). The molecule has 0 radical (unpaired) electrons. The number of aromatic nitrogens is 2. The lowest BCUT2D eigenvalue weighted by atomic mass is 10.1. The molecule has 3 nitrogen and oxygen atoms in total. The molecule has 3 aromatic rings. The standard InChI is InChI=1S/C15H12F2N2O/c16-15(17)19-9-8-18-14(19)10-20-13-7-3-5-11-4-1-2-6-12(11)13/h1-9,15H,10H2. The molecule has 0 aliphatic rings. The van der Waals surface area contributed by atoms with Gasteiger partial charge in [-0.1, -0.05) is 36.4 Å². The predicted molar refractivity (Wildman–Crippen MR) is 71.8 cm³/mol. The number of rotatable bonds is 4. The van der Waals surface area contributed by atoms with Crippen molar-refractivity contribution in [2.45, 2.75) is 13.2 Å². The number of ether oxygens (including phenoxy) is 1. The summed E-state index contributed by atoms with van der Waals surface area (Å²) in [6.45, 7) is -2.60. The maximum Gasteiger partial charge on any atom is 0.320 e. The first-order valence-corrected chi connectivity index (χ1v) is 6.16. The molecule has 1 heterocycles. The van der Waals surface area contributed by atoms with Gasteiger partial charge in [-0.2, -0.15) is 8.78 Å². The van der Waals surface area contributed by atoms with Crippen molar-refractivity contribution >= 4 is 10.8 Å². The molecule has 0 atom stereocenters. The first kappa shape index (κ1) is 12.6. The van der Waals surface area contributed by atoms with E-state index in [-0.39, 0.29) is 12.4 Å². The van der Waals surface area contributed by atoms with Crippen LogP contribution in [0.25, 0.3) is 10.8 Å². The summed E-state index contributed by atoms with van der Waals surface area (Å²) >= 11 is 0. The summed E-state index contributed by atoms with van der Waals surface area (Å²) in [5, 5.41) is 1.99. The molecular weight excluding hydrogens is 262 g/mol. The third-order valence-electron chi connectivity index (χ3n) is 3.07. The minimum absolute atomic E-state index is 0.00531. The van der Waals surface area contributed by atoms with Crippen LogP contribution in [0.3, 0.4) is 0 Å². The van der Waals surface area contributed by atoms with E-state index in [0.29, 0.717) is 5.75 Å². The van der Waals surface area contributed by atoms with Gasteiger partial charge in [-0.15, -0.1) is 0 Å². The molecule has 20 heavy (non-hydrogen) atoms. The number of imidazole rings is 1. The van der Waals surface area contributed by atoms with Crippen LogP contribution in [-0.4, -0.2) is 9.55 Å². The number of nitrogens with zero attached hydrogens (tertiary/aromatic N) is 2. The summed E-state index contributed by atoms with van der Waals surface area (Å²) in [4.78, 5) is 3.89. The van der Waals surface area contributed by atoms with Crippen LogP contribution < -0.4 is 4.74 Å². The van der Waals surface area contributed by atoms with E-state index in [1.165, 1.54) is 12.4 Å². The zero-order valence-corrected chi connectivity index (χ0v) is 10.5. The monoisotopic (exact) mass is 274 g/mol. The first-order valence-electron chi connectivity index (χ1n) is 6.16. The van der Waals surface area contributed by atoms with Gasteiger partial charge in [0.2, 0.25) is 0 Å². The van der Waals surface area contributed by atoms with Crippen LogP contribution in [0.15, 0.2) is 54.9 Å². The average molecular weight is 274 g/mol. The Bertz CT molecular complexity index is 719. The summed E-state index contributed by atoms with van der Waals surface area (Å²) in [6.07, 6.45) is 2.58. The summed E-state index contributed by atoms with van der Waals surface area (Å²) in [5.41, 5.74) is 0. The molecule has 5 heteroatoms. The van der Waals surface area contributed by atoms with Crippen molar-refractivity contribution < 1.29 is 13.5 Å². The molecule has 1 aromatic heterocycles. The van der Waals surface area contributed by atoms with Crippen LogP contribution >= 0.6 is 0 Å². The molecule has 0 saturated carbocycles. The zero-order valence-electron chi connectivity index (χ0n) is 10.5. The van der Waals surface area contributed by atoms with E-state index in [1.54, 1.807) is 0 Å². The van der Waals surface area contributed by atoms with Crippen molar-refractivity contribution in [1.82, 2.24) is 9.55 Å². The molecule has 0 aliphatic carbocycles. The van der Waals surface area contributed by atoms with E-state index in [9.17, 15) is 8.78 Å². The van der Waals surface area contributed by atoms with E-state index in [0.717, 1.165) is 15.3 Å². The molecule has 0 aliphatic heterocycles. The van der Waals surface area contributed by atoms with E-state index >= 15 is 0 Å². The highest BCUT2D eigenvalue weighted by Crippen LogP contribution is 2.26. The highest BCUT2D eigenvalue weighted by atomic mass is 19.3. The Morgan fingerprint density at radius 3 is 2.75 bits per heavy atom. The minimum Gasteiger partial charge on any atom is -0.485 e. The van der Waals surface area contributed by atoms with Crippen molar-refractivity contribution in [1.29, 1.82) is 0 Å². The van der Waals surface area contributed by atoms with E-state index < -0.39 is 6.55 Å². The first-order chi connectivity index (χ1) is 9.75.